The summed E-state index contributed by atoms with van der Waals surface area (Å²) in [6, 6.07) is 9.65. The Hall–Kier alpha value is -1.26. The zero-order valence-electron chi connectivity index (χ0n) is 11.6. The van der Waals surface area contributed by atoms with E-state index in [2.05, 4.69) is 10.6 Å². The molecule has 0 aliphatic carbocycles. The summed E-state index contributed by atoms with van der Waals surface area (Å²) in [7, 11) is 0. The number of hydrogen-bond acceptors (Lipinski definition) is 3. The van der Waals surface area contributed by atoms with E-state index in [0.717, 1.165) is 31.7 Å². The van der Waals surface area contributed by atoms with Crippen molar-refractivity contribution in [3.05, 3.63) is 30.3 Å². The summed E-state index contributed by atoms with van der Waals surface area (Å²) in [5.41, 5.74) is 0. The van der Waals surface area contributed by atoms with E-state index in [4.69, 9.17) is 4.74 Å². The first-order valence-corrected chi connectivity index (χ1v) is 7.00. The Kier molecular flexibility index (Phi) is 8.07. The number of nitrogens with one attached hydrogen (secondary N) is 2. The van der Waals surface area contributed by atoms with E-state index in [-0.39, 0.29) is 18.3 Å². The average molecular weight is 299 g/mol. The number of para-hydroxylation sites is 1. The molecule has 1 saturated heterocycles. The van der Waals surface area contributed by atoms with Crippen molar-refractivity contribution >= 4 is 18.3 Å². The number of carbonyl (C=O) groups is 1. The number of rotatable bonds is 6. The highest BCUT2D eigenvalue weighted by molar-refractivity contribution is 5.85. The third kappa shape index (κ3) is 6.26. The Morgan fingerprint density at radius 3 is 2.65 bits per heavy atom. The molecule has 0 bridgehead atoms. The Balaban J connectivity index is 0.00000200. The zero-order chi connectivity index (χ0) is 13.3. The summed E-state index contributed by atoms with van der Waals surface area (Å²) in [6.45, 7) is 3.16. The van der Waals surface area contributed by atoms with Crippen LogP contribution in [0, 0.1) is 5.92 Å². The molecule has 2 rings (SSSR count). The minimum Gasteiger partial charge on any atom is -0.492 e. The first-order chi connectivity index (χ1) is 9.34. The predicted molar refractivity (Wildman–Crippen MR) is 82.4 cm³/mol. The molecular weight excluding hydrogens is 276 g/mol. The summed E-state index contributed by atoms with van der Waals surface area (Å²) in [6.07, 6.45) is 2.86. The van der Waals surface area contributed by atoms with Gasteiger partial charge in [0.1, 0.15) is 12.4 Å². The predicted octanol–water partition coefficient (Wildman–Crippen LogP) is 1.99. The first-order valence-electron chi connectivity index (χ1n) is 7.00. The van der Waals surface area contributed by atoms with Gasteiger partial charge >= 0.3 is 0 Å². The molecule has 1 aliphatic rings. The normalized spacial score (nSPS) is 15.2. The highest BCUT2D eigenvalue weighted by atomic mass is 35.5. The van der Waals surface area contributed by atoms with E-state index in [9.17, 15) is 4.79 Å². The van der Waals surface area contributed by atoms with E-state index in [1.54, 1.807) is 0 Å². The van der Waals surface area contributed by atoms with Crippen molar-refractivity contribution in [2.75, 3.05) is 26.2 Å². The molecule has 20 heavy (non-hydrogen) atoms. The maximum absolute atomic E-state index is 11.7. The molecule has 0 atom stereocenters. The van der Waals surface area contributed by atoms with Gasteiger partial charge in [-0.1, -0.05) is 18.2 Å². The number of amides is 1. The third-order valence-corrected chi connectivity index (χ3v) is 3.37. The smallest absolute Gasteiger partial charge is 0.220 e. The van der Waals surface area contributed by atoms with Gasteiger partial charge in [-0.2, -0.15) is 0 Å². The molecule has 2 N–H and O–H groups in total. The molecule has 1 aromatic carbocycles. The number of benzene rings is 1. The fourth-order valence-corrected chi connectivity index (χ4v) is 2.30. The minimum atomic E-state index is 0. The Morgan fingerprint density at radius 1 is 1.25 bits per heavy atom. The molecule has 112 valence electrons. The van der Waals surface area contributed by atoms with Crippen LogP contribution in [0.4, 0.5) is 0 Å². The standard InChI is InChI=1S/C15H22N2O2.ClH/c18-15(12-13-6-8-16-9-7-13)17-10-11-19-14-4-2-1-3-5-14;/h1-5,13,16H,6-12H2,(H,17,18);1H. The van der Waals surface area contributed by atoms with Crippen molar-refractivity contribution in [2.24, 2.45) is 5.92 Å². The summed E-state index contributed by atoms with van der Waals surface area (Å²) in [5.74, 6) is 1.52. The lowest BCUT2D eigenvalue weighted by atomic mass is 9.94. The first kappa shape index (κ1) is 16.8. The molecule has 1 aromatic rings. The van der Waals surface area contributed by atoms with E-state index in [0.29, 0.717) is 25.5 Å². The van der Waals surface area contributed by atoms with Gasteiger partial charge in [-0.3, -0.25) is 4.79 Å². The summed E-state index contributed by atoms with van der Waals surface area (Å²) >= 11 is 0. The maximum atomic E-state index is 11.7. The number of hydrogen-bond donors (Lipinski definition) is 2. The van der Waals surface area contributed by atoms with Gasteiger partial charge in [0.05, 0.1) is 6.54 Å². The van der Waals surface area contributed by atoms with Gasteiger partial charge in [-0.15, -0.1) is 12.4 Å². The van der Waals surface area contributed by atoms with Crippen LogP contribution < -0.4 is 15.4 Å². The van der Waals surface area contributed by atoms with Crippen LogP contribution in [0.3, 0.4) is 0 Å². The molecule has 1 amide bonds. The average Bonchev–Trinajstić information content (AvgIpc) is 2.46. The topological polar surface area (TPSA) is 50.4 Å². The van der Waals surface area contributed by atoms with Crippen molar-refractivity contribution < 1.29 is 9.53 Å². The van der Waals surface area contributed by atoms with Crippen LogP contribution in [-0.4, -0.2) is 32.1 Å². The third-order valence-electron chi connectivity index (χ3n) is 3.37. The monoisotopic (exact) mass is 298 g/mol. The minimum absolute atomic E-state index is 0. The van der Waals surface area contributed by atoms with Gasteiger partial charge < -0.3 is 15.4 Å². The summed E-state index contributed by atoms with van der Waals surface area (Å²) < 4.78 is 5.52. The van der Waals surface area contributed by atoms with E-state index < -0.39 is 0 Å². The molecule has 0 aromatic heterocycles. The lowest BCUT2D eigenvalue weighted by Crippen LogP contribution is -2.33. The molecule has 4 nitrogen and oxygen atoms in total. The van der Waals surface area contributed by atoms with Crippen LogP contribution in [-0.2, 0) is 4.79 Å². The van der Waals surface area contributed by atoms with E-state index >= 15 is 0 Å². The second kappa shape index (κ2) is 9.61. The highest BCUT2D eigenvalue weighted by Crippen LogP contribution is 2.15. The number of carbonyl (C=O) groups excluding carboxylic acids is 1. The summed E-state index contributed by atoms with van der Waals surface area (Å²) in [5, 5.41) is 6.22. The second-order valence-corrected chi connectivity index (χ2v) is 4.91. The Bertz CT molecular complexity index is 381. The SMILES string of the molecule is Cl.O=C(CC1CCNCC1)NCCOc1ccccc1. The van der Waals surface area contributed by atoms with Crippen molar-refractivity contribution in [1.82, 2.24) is 10.6 Å². The van der Waals surface area contributed by atoms with Gasteiger partial charge in [0.25, 0.3) is 0 Å². The Morgan fingerprint density at radius 2 is 1.95 bits per heavy atom. The Labute approximate surface area is 126 Å². The van der Waals surface area contributed by atoms with Gasteiger partial charge in [0, 0.05) is 6.42 Å². The number of halogens is 1. The van der Waals surface area contributed by atoms with Crippen molar-refractivity contribution in [1.29, 1.82) is 0 Å². The van der Waals surface area contributed by atoms with Crippen molar-refractivity contribution in [3.63, 3.8) is 0 Å². The largest absolute Gasteiger partial charge is 0.492 e. The zero-order valence-corrected chi connectivity index (χ0v) is 12.5. The molecule has 1 heterocycles. The fraction of sp³-hybridized carbons (Fsp3) is 0.533. The fourth-order valence-electron chi connectivity index (χ4n) is 2.30. The quantitative estimate of drug-likeness (QED) is 0.790. The van der Waals surface area contributed by atoms with Crippen LogP contribution in [0.2, 0.25) is 0 Å². The molecule has 1 aliphatic heterocycles. The second-order valence-electron chi connectivity index (χ2n) is 4.91. The number of piperidine rings is 1. The van der Waals surface area contributed by atoms with Crippen LogP contribution in [0.25, 0.3) is 0 Å². The van der Waals surface area contributed by atoms with E-state index in [1.807, 2.05) is 30.3 Å². The van der Waals surface area contributed by atoms with Gasteiger partial charge in [-0.05, 0) is 44.0 Å². The van der Waals surface area contributed by atoms with Crippen LogP contribution in [0.1, 0.15) is 19.3 Å². The van der Waals surface area contributed by atoms with Gasteiger partial charge in [0.2, 0.25) is 5.91 Å². The molecule has 0 unspecified atom stereocenters. The highest BCUT2D eigenvalue weighted by Gasteiger charge is 2.16. The molecular formula is C15H23ClN2O2. The van der Waals surface area contributed by atoms with Gasteiger partial charge in [0.15, 0.2) is 0 Å². The molecule has 5 heteroatoms. The summed E-state index contributed by atoms with van der Waals surface area (Å²) in [4.78, 5) is 11.7. The lowest BCUT2D eigenvalue weighted by Gasteiger charge is -2.21. The van der Waals surface area contributed by atoms with Crippen molar-refractivity contribution in [3.8, 4) is 5.75 Å². The van der Waals surface area contributed by atoms with Crippen LogP contribution in [0.5, 0.6) is 5.75 Å². The van der Waals surface area contributed by atoms with Crippen LogP contribution >= 0.6 is 12.4 Å². The lowest BCUT2D eigenvalue weighted by molar-refractivity contribution is -0.122. The van der Waals surface area contributed by atoms with Gasteiger partial charge in [-0.25, -0.2) is 0 Å². The maximum Gasteiger partial charge on any atom is 0.220 e. The van der Waals surface area contributed by atoms with Crippen LogP contribution in [0.15, 0.2) is 30.3 Å². The van der Waals surface area contributed by atoms with Crippen molar-refractivity contribution in [2.45, 2.75) is 19.3 Å². The molecule has 0 saturated carbocycles. The molecule has 0 spiro atoms. The molecule has 1 fully saturated rings. The molecule has 0 radical (unpaired) electrons. The number of ether oxygens (including phenoxy) is 1. The van der Waals surface area contributed by atoms with E-state index in [1.165, 1.54) is 0 Å².